The standard InChI is InChI=1S/C28H26N4O3/c1-2-5-26-29-24-13-12-20(23-14-15-27(33)31-30-23)16-25(24)32(26)17-18-8-10-19(11-9-18)21-6-3-4-7-22(21)28(34)35/h3-4,6-13,16H,2,5,14-15,17H2,1H3,(H,31,33)(H,34,35). The number of nitrogens with one attached hydrogen (secondary N) is 1. The van der Waals surface area contributed by atoms with Gasteiger partial charge in [0, 0.05) is 25.8 Å². The Morgan fingerprint density at radius 2 is 1.80 bits per heavy atom. The number of rotatable bonds is 7. The molecule has 5 rings (SSSR count). The molecule has 7 heteroatoms. The maximum absolute atomic E-state index is 11.6. The van der Waals surface area contributed by atoms with E-state index in [2.05, 4.69) is 28.1 Å². The Labute approximate surface area is 203 Å². The van der Waals surface area contributed by atoms with Gasteiger partial charge in [-0.25, -0.2) is 15.2 Å². The van der Waals surface area contributed by atoms with Crippen LogP contribution in [0.25, 0.3) is 22.2 Å². The van der Waals surface area contributed by atoms with E-state index in [9.17, 15) is 14.7 Å². The lowest BCUT2D eigenvalue weighted by Gasteiger charge is -2.13. The van der Waals surface area contributed by atoms with E-state index in [1.807, 2.05) is 48.5 Å². The number of hydrogen-bond acceptors (Lipinski definition) is 4. The molecule has 176 valence electrons. The average molecular weight is 467 g/mol. The van der Waals surface area contributed by atoms with Crippen molar-refractivity contribution in [3.05, 3.63) is 89.2 Å². The second-order valence-corrected chi connectivity index (χ2v) is 8.71. The van der Waals surface area contributed by atoms with Crippen LogP contribution < -0.4 is 5.43 Å². The monoisotopic (exact) mass is 466 g/mol. The average Bonchev–Trinajstić information content (AvgIpc) is 3.21. The number of hydrazone groups is 1. The first-order valence-electron chi connectivity index (χ1n) is 11.8. The Hall–Kier alpha value is -4.26. The Morgan fingerprint density at radius 1 is 1.03 bits per heavy atom. The second-order valence-electron chi connectivity index (χ2n) is 8.71. The molecule has 0 spiro atoms. The SMILES string of the molecule is CCCc1nc2ccc(C3=NNC(=O)CC3)cc2n1Cc1ccc(-c2ccccc2C(=O)O)cc1. The van der Waals surface area contributed by atoms with Gasteiger partial charge in [0.2, 0.25) is 5.91 Å². The van der Waals surface area contributed by atoms with Crippen molar-refractivity contribution in [3.8, 4) is 11.1 Å². The van der Waals surface area contributed by atoms with Crippen molar-refractivity contribution >= 4 is 28.6 Å². The van der Waals surface area contributed by atoms with Crippen molar-refractivity contribution in [1.29, 1.82) is 0 Å². The highest BCUT2D eigenvalue weighted by molar-refractivity contribution is 6.05. The number of amides is 1. The Balaban J connectivity index is 1.49. The fourth-order valence-electron chi connectivity index (χ4n) is 4.52. The first kappa shape index (κ1) is 22.5. The number of imidazole rings is 1. The van der Waals surface area contributed by atoms with Crippen LogP contribution in [0.4, 0.5) is 0 Å². The molecule has 0 fully saturated rings. The number of hydrogen-bond donors (Lipinski definition) is 2. The number of aromatic carboxylic acids is 1. The zero-order valence-electron chi connectivity index (χ0n) is 19.5. The largest absolute Gasteiger partial charge is 0.478 e. The molecular formula is C28H26N4O3. The number of carbonyl (C=O) groups excluding carboxylic acids is 1. The minimum atomic E-state index is -0.934. The molecule has 2 N–H and O–H groups in total. The maximum Gasteiger partial charge on any atom is 0.336 e. The van der Waals surface area contributed by atoms with Gasteiger partial charge in [0.05, 0.1) is 22.3 Å². The van der Waals surface area contributed by atoms with Gasteiger partial charge in [0.25, 0.3) is 0 Å². The van der Waals surface area contributed by atoms with E-state index in [4.69, 9.17) is 4.98 Å². The highest BCUT2D eigenvalue weighted by atomic mass is 16.4. The summed E-state index contributed by atoms with van der Waals surface area (Å²) in [5.74, 6) is 0.0371. The zero-order chi connectivity index (χ0) is 24.4. The highest BCUT2D eigenvalue weighted by Gasteiger charge is 2.17. The summed E-state index contributed by atoms with van der Waals surface area (Å²) in [6.45, 7) is 2.79. The Bertz CT molecular complexity index is 1450. The van der Waals surface area contributed by atoms with Crippen LogP contribution in [0.3, 0.4) is 0 Å². The van der Waals surface area contributed by atoms with Crippen molar-refractivity contribution in [1.82, 2.24) is 15.0 Å². The summed E-state index contributed by atoms with van der Waals surface area (Å²) in [7, 11) is 0. The first-order chi connectivity index (χ1) is 17.0. The molecule has 0 saturated heterocycles. The van der Waals surface area contributed by atoms with Crippen molar-refractivity contribution in [2.75, 3.05) is 0 Å². The van der Waals surface area contributed by atoms with Gasteiger partial charge in [-0.1, -0.05) is 55.5 Å². The summed E-state index contributed by atoms with van der Waals surface area (Å²) in [6, 6.07) is 21.2. The van der Waals surface area contributed by atoms with Crippen molar-refractivity contribution in [2.24, 2.45) is 5.10 Å². The lowest BCUT2D eigenvalue weighted by molar-refractivity contribution is -0.121. The molecule has 0 unspecified atom stereocenters. The van der Waals surface area contributed by atoms with Gasteiger partial charge < -0.3 is 9.67 Å². The summed E-state index contributed by atoms with van der Waals surface area (Å²) in [5.41, 5.74) is 9.38. The predicted molar refractivity (Wildman–Crippen MR) is 136 cm³/mol. The predicted octanol–water partition coefficient (Wildman–Crippen LogP) is 5.02. The van der Waals surface area contributed by atoms with Crippen LogP contribution in [-0.4, -0.2) is 32.2 Å². The summed E-state index contributed by atoms with van der Waals surface area (Å²) in [5, 5.41) is 13.8. The van der Waals surface area contributed by atoms with Crippen LogP contribution >= 0.6 is 0 Å². The second kappa shape index (κ2) is 9.54. The van der Waals surface area contributed by atoms with E-state index in [1.54, 1.807) is 12.1 Å². The smallest absolute Gasteiger partial charge is 0.336 e. The first-order valence-corrected chi connectivity index (χ1v) is 11.8. The van der Waals surface area contributed by atoms with Gasteiger partial charge in [-0.2, -0.15) is 5.10 Å². The van der Waals surface area contributed by atoms with Gasteiger partial charge in [0.15, 0.2) is 0 Å². The summed E-state index contributed by atoms with van der Waals surface area (Å²) >= 11 is 0. The van der Waals surface area contributed by atoms with E-state index >= 15 is 0 Å². The topological polar surface area (TPSA) is 96.6 Å². The van der Waals surface area contributed by atoms with Crippen LogP contribution in [0.5, 0.6) is 0 Å². The molecule has 0 atom stereocenters. The number of carbonyl (C=O) groups is 2. The fraction of sp³-hybridized carbons (Fsp3) is 0.214. The van der Waals surface area contributed by atoms with Gasteiger partial charge >= 0.3 is 5.97 Å². The van der Waals surface area contributed by atoms with E-state index in [-0.39, 0.29) is 5.91 Å². The molecule has 4 aromatic rings. The summed E-state index contributed by atoms with van der Waals surface area (Å²) in [6.07, 6.45) is 2.91. The van der Waals surface area contributed by atoms with Gasteiger partial charge in [0.1, 0.15) is 5.82 Å². The zero-order valence-corrected chi connectivity index (χ0v) is 19.5. The quantitative estimate of drug-likeness (QED) is 0.400. The summed E-state index contributed by atoms with van der Waals surface area (Å²) in [4.78, 5) is 28.0. The lowest BCUT2D eigenvalue weighted by atomic mass is 9.98. The molecule has 2 heterocycles. The number of nitrogens with zero attached hydrogens (tertiary/aromatic N) is 3. The van der Waals surface area contributed by atoms with E-state index in [0.29, 0.717) is 30.5 Å². The molecule has 35 heavy (non-hydrogen) atoms. The van der Waals surface area contributed by atoms with E-state index in [1.165, 1.54) is 0 Å². The van der Waals surface area contributed by atoms with E-state index < -0.39 is 5.97 Å². The van der Waals surface area contributed by atoms with Gasteiger partial charge in [-0.05, 0) is 46.9 Å². The molecule has 0 bridgehead atoms. The third kappa shape index (κ3) is 4.57. The minimum Gasteiger partial charge on any atom is -0.478 e. The molecule has 1 aliphatic heterocycles. The number of benzene rings is 3. The number of aromatic nitrogens is 2. The van der Waals surface area contributed by atoms with E-state index in [0.717, 1.165) is 52.1 Å². The van der Waals surface area contributed by atoms with Crippen LogP contribution in [-0.2, 0) is 17.8 Å². The van der Waals surface area contributed by atoms with Crippen LogP contribution in [0.15, 0.2) is 71.8 Å². The minimum absolute atomic E-state index is 0.0560. The van der Waals surface area contributed by atoms with Crippen molar-refractivity contribution < 1.29 is 14.7 Å². The Kier molecular flexibility index (Phi) is 6.14. The normalized spacial score (nSPS) is 13.5. The lowest BCUT2D eigenvalue weighted by Crippen LogP contribution is -2.25. The van der Waals surface area contributed by atoms with Crippen molar-refractivity contribution in [2.45, 2.75) is 39.2 Å². The number of carboxylic acid groups (broad SMARTS) is 1. The third-order valence-corrected chi connectivity index (χ3v) is 6.30. The molecule has 1 amide bonds. The highest BCUT2D eigenvalue weighted by Crippen LogP contribution is 2.26. The maximum atomic E-state index is 11.6. The van der Waals surface area contributed by atoms with Gasteiger partial charge in [-0.3, -0.25) is 4.79 Å². The third-order valence-electron chi connectivity index (χ3n) is 6.30. The molecule has 0 aliphatic carbocycles. The Morgan fingerprint density at radius 3 is 2.51 bits per heavy atom. The van der Waals surface area contributed by atoms with Crippen LogP contribution in [0, 0.1) is 0 Å². The fourth-order valence-corrected chi connectivity index (χ4v) is 4.52. The van der Waals surface area contributed by atoms with Gasteiger partial charge in [-0.15, -0.1) is 0 Å². The van der Waals surface area contributed by atoms with Crippen molar-refractivity contribution in [3.63, 3.8) is 0 Å². The molecule has 7 nitrogen and oxygen atoms in total. The number of carboxylic acids is 1. The molecule has 0 saturated carbocycles. The number of fused-ring (bicyclic) bond motifs is 1. The molecule has 1 aromatic heterocycles. The number of aryl methyl sites for hydroxylation is 1. The summed E-state index contributed by atoms with van der Waals surface area (Å²) < 4.78 is 2.24. The molecule has 0 radical (unpaired) electrons. The van der Waals surface area contributed by atoms with Crippen LogP contribution in [0.1, 0.15) is 53.5 Å². The molecule has 1 aliphatic rings. The van der Waals surface area contributed by atoms with Crippen LogP contribution in [0.2, 0.25) is 0 Å². The molecule has 3 aromatic carbocycles. The molecular weight excluding hydrogens is 440 g/mol.